The van der Waals surface area contributed by atoms with Gasteiger partial charge in [0.15, 0.2) is 0 Å². The average Bonchev–Trinajstić information content (AvgIpc) is 3.02. The smallest absolute Gasteiger partial charge is 0.243 e. The number of carbonyl (C=O) groups excluding carboxylic acids is 1. The summed E-state index contributed by atoms with van der Waals surface area (Å²) in [6, 6.07) is 6.23. The second kappa shape index (κ2) is 7.23. The molecule has 8 heteroatoms. The lowest BCUT2D eigenvalue weighted by atomic mass is 9.78. The van der Waals surface area contributed by atoms with E-state index >= 15 is 0 Å². The molecule has 2 aliphatic heterocycles. The molecular weight excluding hydrogens is 362 g/mol. The van der Waals surface area contributed by atoms with Gasteiger partial charge in [-0.15, -0.1) is 0 Å². The first kappa shape index (κ1) is 18.6. The minimum atomic E-state index is -3.68. The number of primary amides is 1. The fourth-order valence-corrected chi connectivity index (χ4v) is 5.80. The van der Waals surface area contributed by atoms with Crippen molar-refractivity contribution < 1.29 is 13.2 Å². The predicted molar refractivity (Wildman–Crippen MR) is 96.6 cm³/mol. The number of nitrogens with two attached hydrogens (primary N) is 1. The van der Waals surface area contributed by atoms with Crippen LogP contribution in [0.25, 0.3) is 0 Å². The van der Waals surface area contributed by atoms with E-state index in [0.29, 0.717) is 17.5 Å². The lowest BCUT2D eigenvalue weighted by Crippen LogP contribution is -2.38. The number of amides is 1. The Morgan fingerprint density at radius 3 is 2.52 bits per heavy atom. The third kappa shape index (κ3) is 3.84. The summed E-state index contributed by atoms with van der Waals surface area (Å²) in [5.41, 5.74) is 5.60. The molecule has 25 heavy (non-hydrogen) atoms. The topological polar surface area (TPSA) is 83.7 Å². The van der Waals surface area contributed by atoms with Gasteiger partial charge in [-0.1, -0.05) is 17.7 Å². The van der Waals surface area contributed by atoms with Gasteiger partial charge in [0, 0.05) is 18.1 Å². The van der Waals surface area contributed by atoms with Crippen LogP contribution in [0.15, 0.2) is 29.2 Å². The lowest BCUT2D eigenvalue weighted by molar-refractivity contribution is -0.123. The van der Waals surface area contributed by atoms with Crippen molar-refractivity contribution in [1.82, 2.24) is 9.21 Å². The summed E-state index contributed by atoms with van der Waals surface area (Å²) in [7, 11) is -1.60. The van der Waals surface area contributed by atoms with Gasteiger partial charge in [0.25, 0.3) is 0 Å². The molecule has 138 valence electrons. The standard InChI is InChI=1S/C17H24ClN3O3S/c1-20-7-5-12(6-8-20)15-10-21(11-16(15)17(19)22)25(23,24)14-4-2-3-13(18)9-14/h2-4,9,12,15-16H,5-8,10-11H2,1H3,(H2,19,22). The molecule has 0 aromatic heterocycles. The molecular formula is C17H24ClN3O3S. The molecule has 1 aromatic rings. The van der Waals surface area contributed by atoms with Crippen LogP contribution >= 0.6 is 11.6 Å². The number of halogens is 1. The first-order valence-corrected chi connectivity index (χ1v) is 10.3. The van der Waals surface area contributed by atoms with E-state index in [9.17, 15) is 13.2 Å². The van der Waals surface area contributed by atoms with Gasteiger partial charge < -0.3 is 10.6 Å². The van der Waals surface area contributed by atoms with E-state index in [4.69, 9.17) is 17.3 Å². The molecule has 1 amide bonds. The van der Waals surface area contributed by atoms with Crippen LogP contribution in [-0.2, 0) is 14.8 Å². The Labute approximate surface area is 154 Å². The summed E-state index contributed by atoms with van der Waals surface area (Å²) in [5.74, 6) is -0.525. The van der Waals surface area contributed by atoms with Gasteiger partial charge in [0.2, 0.25) is 15.9 Å². The molecule has 3 rings (SSSR count). The van der Waals surface area contributed by atoms with Gasteiger partial charge in [0.1, 0.15) is 0 Å². The van der Waals surface area contributed by atoms with Crippen LogP contribution in [0, 0.1) is 17.8 Å². The zero-order valence-corrected chi connectivity index (χ0v) is 15.8. The molecule has 2 atom stereocenters. The molecule has 6 nitrogen and oxygen atoms in total. The molecule has 2 N–H and O–H groups in total. The molecule has 0 saturated carbocycles. The van der Waals surface area contributed by atoms with Crippen molar-refractivity contribution in [2.24, 2.45) is 23.5 Å². The quantitative estimate of drug-likeness (QED) is 0.849. The summed E-state index contributed by atoms with van der Waals surface area (Å²) in [6.07, 6.45) is 1.94. The second-order valence-electron chi connectivity index (χ2n) is 7.09. The Morgan fingerprint density at radius 2 is 1.92 bits per heavy atom. The number of hydrogen-bond donors (Lipinski definition) is 1. The van der Waals surface area contributed by atoms with Crippen LogP contribution in [0.2, 0.25) is 5.02 Å². The number of likely N-dealkylation sites (tertiary alicyclic amines) is 1. The van der Waals surface area contributed by atoms with E-state index in [1.54, 1.807) is 12.1 Å². The van der Waals surface area contributed by atoms with Gasteiger partial charge in [-0.25, -0.2) is 8.42 Å². The van der Waals surface area contributed by atoms with Gasteiger partial charge >= 0.3 is 0 Å². The van der Waals surface area contributed by atoms with Crippen LogP contribution in [-0.4, -0.2) is 56.8 Å². The molecule has 2 saturated heterocycles. The molecule has 0 radical (unpaired) electrons. The van der Waals surface area contributed by atoms with Crippen LogP contribution in [0.5, 0.6) is 0 Å². The van der Waals surface area contributed by atoms with Crippen LogP contribution < -0.4 is 5.73 Å². The van der Waals surface area contributed by atoms with E-state index in [-0.39, 0.29) is 17.4 Å². The van der Waals surface area contributed by atoms with E-state index in [1.165, 1.54) is 16.4 Å². The first-order valence-electron chi connectivity index (χ1n) is 8.52. The van der Waals surface area contributed by atoms with Crippen molar-refractivity contribution in [2.75, 3.05) is 33.2 Å². The highest BCUT2D eigenvalue weighted by Crippen LogP contribution is 2.37. The highest BCUT2D eigenvalue weighted by atomic mass is 35.5. The number of benzene rings is 1. The predicted octanol–water partition coefficient (Wildman–Crippen LogP) is 1.40. The SMILES string of the molecule is CN1CCC(C2CN(S(=O)(=O)c3cccc(Cl)c3)CC2C(N)=O)CC1. The van der Waals surface area contributed by atoms with E-state index < -0.39 is 21.8 Å². The maximum absolute atomic E-state index is 12.9. The molecule has 2 unspecified atom stereocenters. The Hall–Kier alpha value is -1.15. The maximum Gasteiger partial charge on any atom is 0.243 e. The molecule has 0 bridgehead atoms. The summed E-state index contributed by atoms with van der Waals surface area (Å²) in [4.78, 5) is 14.4. The molecule has 0 aliphatic carbocycles. The molecule has 1 aromatic carbocycles. The highest BCUT2D eigenvalue weighted by Gasteiger charge is 2.45. The number of sulfonamides is 1. The summed E-state index contributed by atoms with van der Waals surface area (Å²) in [6.45, 7) is 2.43. The Kier molecular flexibility index (Phi) is 5.39. The minimum absolute atomic E-state index is 0.0137. The van der Waals surface area contributed by atoms with E-state index in [1.807, 2.05) is 0 Å². The number of hydrogen-bond acceptors (Lipinski definition) is 4. The fourth-order valence-electron chi connectivity index (χ4n) is 4.00. The lowest BCUT2D eigenvalue weighted by Gasteiger charge is -2.34. The van der Waals surface area contributed by atoms with Crippen molar-refractivity contribution in [3.63, 3.8) is 0 Å². The number of rotatable bonds is 4. The molecule has 2 fully saturated rings. The summed E-state index contributed by atoms with van der Waals surface area (Å²) < 4.78 is 27.3. The second-order valence-corrected chi connectivity index (χ2v) is 9.47. The zero-order valence-electron chi connectivity index (χ0n) is 14.3. The van der Waals surface area contributed by atoms with Gasteiger partial charge in [0.05, 0.1) is 10.8 Å². The summed E-state index contributed by atoms with van der Waals surface area (Å²) >= 11 is 5.94. The van der Waals surface area contributed by atoms with E-state index in [2.05, 4.69) is 11.9 Å². The third-order valence-electron chi connectivity index (χ3n) is 5.50. The van der Waals surface area contributed by atoms with Crippen molar-refractivity contribution in [3.05, 3.63) is 29.3 Å². The minimum Gasteiger partial charge on any atom is -0.369 e. The van der Waals surface area contributed by atoms with Crippen LogP contribution in [0.3, 0.4) is 0 Å². The van der Waals surface area contributed by atoms with Crippen molar-refractivity contribution in [3.8, 4) is 0 Å². The number of piperidine rings is 1. The van der Waals surface area contributed by atoms with Gasteiger partial charge in [-0.05, 0) is 63.0 Å². The van der Waals surface area contributed by atoms with Crippen molar-refractivity contribution in [1.29, 1.82) is 0 Å². The molecule has 0 spiro atoms. The number of carbonyl (C=O) groups is 1. The van der Waals surface area contributed by atoms with Crippen LogP contribution in [0.4, 0.5) is 0 Å². The monoisotopic (exact) mass is 385 g/mol. The third-order valence-corrected chi connectivity index (χ3v) is 7.56. The fraction of sp³-hybridized carbons (Fsp3) is 0.588. The first-order chi connectivity index (χ1) is 11.8. The average molecular weight is 386 g/mol. The maximum atomic E-state index is 12.9. The van der Waals surface area contributed by atoms with Gasteiger partial charge in [-0.3, -0.25) is 4.79 Å². The Morgan fingerprint density at radius 1 is 1.24 bits per heavy atom. The van der Waals surface area contributed by atoms with Gasteiger partial charge in [-0.2, -0.15) is 4.31 Å². The highest BCUT2D eigenvalue weighted by molar-refractivity contribution is 7.89. The van der Waals surface area contributed by atoms with Crippen LogP contribution in [0.1, 0.15) is 12.8 Å². The Balaban J connectivity index is 1.83. The number of nitrogens with zero attached hydrogens (tertiary/aromatic N) is 2. The largest absolute Gasteiger partial charge is 0.369 e. The van der Waals surface area contributed by atoms with E-state index in [0.717, 1.165) is 25.9 Å². The zero-order chi connectivity index (χ0) is 18.2. The van der Waals surface area contributed by atoms with Crippen molar-refractivity contribution in [2.45, 2.75) is 17.7 Å². The molecule has 2 heterocycles. The summed E-state index contributed by atoms with van der Waals surface area (Å²) in [5, 5.41) is 0.374. The normalized spacial score (nSPS) is 26.8. The Bertz CT molecular complexity index is 747. The van der Waals surface area contributed by atoms with Crippen molar-refractivity contribution >= 4 is 27.5 Å². The molecule has 2 aliphatic rings.